The summed E-state index contributed by atoms with van der Waals surface area (Å²) in [6, 6.07) is 1.61. The van der Waals surface area contributed by atoms with Gasteiger partial charge in [0.15, 0.2) is 0 Å². The number of amides is 1. The maximum Gasteiger partial charge on any atom is 0.254 e. The van der Waals surface area contributed by atoms with Gasteiger partial charge in [-0.1, -0.05) is 0 Å². The van der Waals surface area contributed by atoms with Gasteiger partial charge in [-0.3, -0.25) is 4.79 Å². The average molecular weight is 183 g/mol. The topological polar surface area (TPSA) is 62.5 Å². The van der Waals surface area contributed by atoms with E-state index in [0.29, 0.717) is 18.5 Å². The van der Waals surface area contributed by atoms with Crippen LogP contribution in [-0.4, -0.2) is 24.2 Å². The van der Waals surface area contributed by atoms with Gasteiger partial charge in [-0.05, 0) is 18.9 Å². The third kappa shape index (κ3) is 3.29. The molecule has 0 unspecified atom stereocenters. The normalized spacial score (nSPS) is 9.92. The van der Waals surface area contributed by atoms with Crippen molar-refractivity contribution in [1.29, 1.82) is 0 Å². The number of aliphatic hydroxyl groups is 1. The fourth-order valence-corrected chi connectivity index (χ4v) is 0.934. The number of aliphatic hydroxyl groups excluding tert-OH is 1. The van der Waals surface area contributed by atoms with Crippen molar-refractivity contribution in [3.05, 3.63) is 24.2 Å². The lowest BCUT2D eigenvalue weighted by atomic mass is 10.3. The SMILES string of the molecule is O=C(NCCCCO)c1ccoc1. The van der Waals surface area contributed by atoms with E-state index in [9.17, 15) is 4.79 Å². The van der Waals surface area contributed by atoms with Crippen molar-refractivity contribution >= 4 is 5.91 Å². The zero-order chi connectivity index (χ0) is 9.52. The Balaban J connectivity index is 2.19. The molecule has 0 aliphatic rings. The number of hydrogen-bond donors (Lipinski definition) is 2. The minimum absolute atomic E-state index is 0.133. The van der Waals surface area contributed by atoms with Gasteiger partial charge in [0, 0.05) is 13.2 Å². The largest absolute Gasteiger partial charge is 0.472 e. The molecule has 4 heteroatoms. The minimum Gasteiger partial charge on any atom is -0.472 e. The van der Waals surface area contributed by atoms with Gasteiger partial charge < -0.3 is 14.8 Å². The summed E-state index contributed by atoms with van der Waals surface area (Å²) in [7, 11) is 0. The van der Waals surface area contributed by atoms with Crippen molar-refractivity contribution in [2.24, 2.45) is 0 Å². The van der Waals surface area contributed by atoms with Crippen molar-refractivity contribution in [3.8, 4) is 0 Å². The zero-order valence-corrected chi connectivity index (χ0v) is 7.32. The Hall–Kier alpha value is -1.29. The van der Waals surface area contributed by atoms with E-state index in [4.69, 9.17) is 9.52 Å². The van der Waals surface area contributed by atoms with E-state index < -0.39 is 0 Å². The fraction of sp³-hybridized carbons (Fsp3) is 0.444. The molecular weight excluding hydrogens is 170 g/mol. The number of carbonyl (C=O) groups excluding carboxylic acids is 1. The first-order valence-electron chi connectivity index (χ1n) is 4.26. The molecule has 0 radical (unpaired) electrons. The van der Waals surface area contributed by atoms with E-state index in [0.717, 1.165) is 6.42 Å². The van der Waals surface area contributed by atoms with Gasteiger partial charge in [-0.25, -0.2) is 0 Å². The lowest BCUT2D eigenvalue weighted by Gasteiger charge is -2.01. The number of carbonyl (C=O) groups is 1. The summed E-state index contributed by atoms with van der Waals surface area (Å²) in [6.45, 7) is 0.756. The van der Waals surface area contributed by atoms with Crippen molar-refractivity contribution in [3.63, 3.8) is 0 Å². The van der Waals surface area contributed by atoms with Gasteiger partial charge in [0.25, 0.3) is 5.91 Å². The second-order valence-electron chi connectivity index (χ2n) is 2.70. The quantitative estimate of drug-likeness (QED) is 0.663. The Morgan fingerprint density at radius 1 is 1.54 bits per heavy atom. The van der Waals surface area contributed by atoms with E-state index in [2.05, 4.69) is 5.32 Å². The highest BCUT2D eigenvalue weighted by Crippen LogP contribution is 1.98. The first-order valence-corrected chi connectivity index (χ1v) is 4.26. The van der Waals surface area contributed by atoms with E-state index in [-0.39, 0.29) is 12.5 Å². The summed E-state index contributed by atoms with van der Waals surface area (Å²) in [5.41, 5.74) is 0.531. The van der Waals surface area contributed by atoms with Gasteiger partial charge >= 0.3 is 0 Å². The number of furan rings is 1. The Labute approximate surface area is 76.6 Å². The summed E-state index contributed by atoms with van der Waals surface area (Å²) in [4.78, 5) is 11.2. The molecule has 2 N–H and O–H groups in total. The van der Waals surface area contributed by atoms with Crippen LogP contribution in [0, 0.1) is 0 Å². The highest BCUT2D eigenvalue weighted by atomic mass is 16.3. The van der Waals surface area contributed by atoms with Gasteiger partial charge in [-0.15, -0.1) is 0 Å². The van der Waals surface area contributed by atoms with Crippen LogP contribution >= 0.6 is 0 Å². The second-order valence-corrected chi connectivity index (χ2v) is 2.70. The molecule has 0 fully saturated rings. The van der Waals surface area contributed by atoms with Crippen LogP contribution in [0.4, 0.5) is 0 Å². The van der Waals surface area contributed by atoms with Crippen molar-refractivity contribution in [2.75, 3.05) is 13.2 Å². The Bertz CT molecular complexity index is 243. The van der Waals surface area contributed by atoms with Crippen LogP contribution in [0.3, 0.4) is 0 Å². The molecule has 0 aliphatic carbocycles. The highest BCUT2D eigenvalue weighted by molar-refractivity contribution is 5.93. The number of rotatable bonds is 5. The Morgan fingerprint density at radius 3 is 3.00 bits per heavy atom. The third-order valence-electron chi connectivity index (χ3n) is 1.65. The lowest BCUT2D eigenvalue weighted by molar-refractivity contribution is 0.0951. The molecule has 72 valence electrons. The standard InChI is InChI=1S/C9H13NO3/c11-5-2-1-4-10-9(12)8-3-6-13-7-8/h3,6-7,11H,1-2,4-5H2,(H,10,12). The monoisotopic (exact) mass is 183 g/mol. The molecule has 0 aliphatic heterocycles. The zero-order valence-electron chi connectivity index (χ0n) is 7.32. The van der Waals surface area contributed by atoms with E-state index in [1.165, 1.54) is 12.5 Å². The van der Waals surface area contributed by atoms with Crippen LogP contribution < -0.4 is 5.32 Å². The minimum atomic E-state index is -0.133. The first-order chi connectivity index (χ1) is 6.34. The van der Waals surface area contributed by atoms with Crippen molar-refractivity contribution < 1.29 is 14.3 Å². The molecule has 1 amide bonds. The summed E-state index contributed by atoms with van der Waals surface area (Å²) in [5, 5.41) is 11.2. The summed E-state index contributed by atoms with van der Waals surface area (Å²) in [6.07, 6.45) is 4.37. The molecule has 1 aromatic rings. The van der Waals surface area contributed by atoms with Gasteiger partial charge in [0.05, 0.1) is 11.8 Å². The number of unbranched alkanes of at least 4 members (excludes halogenated alkanes) is 1. The molecule has 0 saturated heterocycles. The van der Waals surface area contributed by atoms with E-state index >= 15 is 0 Å². The Kier molecular flexibility index (Phi) is 4.05. The molecule has 0 atom stereocenters. The number of hydrogen-bond acceptors (Lipinski definition) is 3. The molecule has 0 aromatic carbocycles. The van der Waals surface area contributed by atoms with E-state index in [1.807, 2.05) is 0 Å². The highest BCUT2D eigenvalue weighted by Gasteiger charge is 2.04. The summed E-state index contributed by atoms with van der Waals surface area (Å²) in [5.74, 6) is -0.133. The van der Waals surface area contributed by atoms with Crippen molar-refractivity contribution in [2.45, 2.75) is 12.8 Å². The second kappa shape index (κ2) is 5.37. The van der Waals surface area contributed by atoms with Crippen LogP contribution in [0.2, 0.25) is 0 Å². The molecule has 1 heterocycles. The lowest BCUT2D eigenvalue weighted by Crippen LogP contribution is -2.24. The molecule has 1 rings (SSSR count). The maximum absolute atomic E-state index is 11.2. The number of nitrogens with one attached hydrogen (secondary N) is 1. The van der Waals surface area contributed by atoms with Crippen LogP contribution in [-0.2, 0) is 0 Å². The maximum atomic E-state index is 11.2. The molecule has 13 heavy (non-hydrogen) atoms. The first kappa shape index (κ1) is 9.80. The van der Waals surface area contributed by atoms with Crippen LogP contribution in [0.15, 0.2) is 23.0 Å². The van der Waals surface area contributed by atoms with Crippen LogP contribution in [0.1, 0.15) is 23.2 Å². The van der Waals surface area contributed by atoms with Gasteiger partial charge in [-0.2, -0.15) is 0 Å². The molecule has 1 aromatic heterocycles. The Morgan fingerprint density at radius 2 is 2.38 bits per heavy atom. The molecule has 0 spiro atoms. The molecule has 0 saturated carbocycles. The third-order valence-corrected chi connectivity index (χ3v) is 1.65. The predicted octanol–water partition coefficient (Wildman–Crippen LogP) is 0.782. The smallest absolute Gasteiger partial charge is 0.254 e. The average Bonchev–Trinajstić information content (AvgIpc) is 2.65. The summed E-state index contributed by atoms with van der Waals surface area (Å²) >= 11 is 0. The van der Waals surface area contributed by atoms with Crippen LogP contribution in [0.5, 0.6) is 0 Å². The van der Waals surface area contributed by atoms with Crippen molar-refractivity contribution in [1.82, 2.24) is 5.32 Å². The predicted molar refractivity (Wildman–Crippen MR) is 47.4 cm³/mol. The molecular formula is C9H13NO3. The van der Waals surface area contributed by atoms with Gasteiger partial charge in [0.1, 0.15) is 6.26 Å². The van der Waals surface area contributed by atoms with Gasteiger partial charge in [0.2, 0.25) is 0 Å². The fourth-order valence-electron chi connectivity index (χ4n) is 0.934. The molecule has 0 bridgehead atoms. The van der Waals surface area contributed by atoms with E-state index in [1.54, 1.807) is 6.07 Å². The summed E-state index contributed by atoms with van der Waals surface area (Å²) < 4.78 is 4.76. The molecule has 4 nitrogen and oxygen atoms in total. The van der Waals surface area contributed by atoms with Crippen LogP contribution in [0.25, 0.3) is 0 Å².